The molecule has 116 valence electrons. The normalized spacial score (nSPS) is 28.3. The summed E-state index contributed by atoms with van der Waals surface area (Å²) in [6.45, 7) is 2.36. The maximum Gasteiger partial charge on any atom is 0.193 e. The predicted octanol–water partition coefficient (Wildman–Crippen LogP) is 2.78. The number of thiazole rings is 1. The molecule has 0 saturated heterocycles. The van der Waals surface area contributed by atoms with Crippen LogP contribution >= 0.6 is 11.3 Å². The number of hydrogen-bond donors (Lipinski definition) is 1. The van der Waals surface area contributed by atoms with Gasteiger partial charge in [-0.2, -0.15) is 0 Å². The SMILES string of the molecule is CC1CCCC(C(N)Cc2cn3ccsc3n2)(N(C)C)C1. The summed E-state index contributed by atoms with van der Waals surface area (Å²) in [6.07, 6.45) is 10.1. The van der Waals surface area contributed by atoms with Crippen molar-refractivity contribution >= 4 is 16.3 Å². The number of nitrogens with zero attached hydrogens (tertiary/aromatic N) is 3. The van der Waals surface area contributed by atoms with E-state index < -0.39 is 0 Å². The smallest absolute Gasteiger partial charge is 0.193 e. The molecular weight excluding hydrogens is 280 g/mol. The molecule has 2 heterocycles. The molecule has 21 heavy (non-hydrogen) atoms. The van der Waals surface area contributed by atoms with Gasteiger partial charge in [0.1, 0.15) is 0 Å². The van der Waals surface area contributed by atoms with Crippen molar-refractivity contribution in [2.45, 2.75) is 50.6 Å². The second-order valence-electron chi connectivity index (χ2n) is 6.84. The van der Waals surface area contributed by atoms with Crippen molar-refractivity contribution in [3.63, 3.8) is 0 Å². The monoisotopic (exact) mass is 306 g/mol. The molecular formula is C16H26N4S. The van der Waals surface area contributed by atoms with Crippen LogP contribution in [0, 0.1) is 5.92 Å². The molecule has 2 aromatic rings. The Morgan fingerprint density at radius 3 is 3.05 bits per heavy atom. The highest BCUT2D eigenvalue weighted by Crippen LogP contribution is 2.38. The van der Waals surface area contributed by atoms with Gasteiger partial charge in [0.2, 0.25) is 0 Å². The third-order valence-corrected chi connectivity index (χ3v) is 5.93. The first-order chi connectivity index (χ1) is 10.0. The summed E-state index contributed by atoms with van der Waals surface area (Å²) >= 11 is 1.68. The van der Waals surface area contributed by atoms with Gasteiger partial charge >= 0.3 is 0 Å². The van der Waals surface area contributed by atoms with Crippen molar-refractivity contribution in [3.05, 3.63) is 23.5 Å². The van der Waals surface area contributed by atoms with Gasteiger partial charge in [-0.3, -0.25) is 4.40 Å². The first-order valence-corrected chi connectivity index (χ1v) is 8.73. The van der Waals surface area contributed by atoms with Crippen molar-refractivity contribution in [2.24, 2.45) is 11.7 Å². The van der Waals surface area contributed by atoms with Crippen LogP contribution in [0.2, 0.25) is 0 Å². The first kappa shape index (κ1) is 15.0. The van der Waals surface area contributed by atoms with Crippen molar-refractivity contribution in [2.75, 3.05) is 14.1 Å². The van der Waals surface area contributed by atoms with E-state index in [1.807, 2.05) is 0 Å². The standard InChI is InChI=1S/C16H26N4S/c1-12-5-4-6-16(10-12,19(2)3)14(17)9-13-11-20-7-8-21-15(20)18-13/h7-8,11-12,14H,4-6,9-10,17H2,1-3H3. The third-order valence-electron chi connectivity index (χ3n) is 5.16. The van der Waals surface area contributed by atoms with Crippen molar-refractivity contribution in [1.29, 1.82) is 0 Å². The number of hydrogen-bond acceptors (Lipinski definition) is 4. The highest BCUT2D eigenvalue weighted by atomic mass is 32.1. The maximum atomic E-state index is 6.68. The van der Waals surface area contributed by atoms with Crippen LogP contribution in [0.15, 0.2) is 17.8 Å². The average molecular weight is 306 g/mol. The number of nitrogens with two attached hydrogens (primary N) is 1. The average Bonchev–Trinajstić information content (AvgIpc) is 2.99. The minimum atomic E-state index is 0.120. The molecule has 2 aromatic heterocycles. The van der Waals surface area contributed by atoms with Crippen LogP contribution in [0.4, 0.5) is 0 Å². The molecule has 2 N–H and O–H groups in total. The second kappa shape index (κ2) is 5.71. The Balaban J connectivity index is 1.80. The zero-order valence-corrected chi connectivity index (χ0v) is 14.1. The van der Waals surface area contributed by atoms with Crippen LogP contribution in [0.5, 0.6) is 0 Å². The Morgan fingerprint density at radius 2 is 2.38 bits per heavy atom. The van der Waals surface area contributed by atoms with Crippen LogP contribution < -0.4 is 5.73 Å². The van der Waals surface area contributed by atoms with E-state index in [4.69, 9.17) is 10.7 Å². The zero-order chi connectivity index (χ0) is 15.0. The van der Waals surface area contributed by atoms with E-state index in [9.17, 15) is 0 Å². The molecule has 3 unspecified atom stereocenters. The van der Waals surface area contributed by atoms with Gasteiger partial charge in [-0.25, -0.2) is 4.98 Å². The molecule has 0 bridgehead atoms. The van der Waals surface area contributed by atoms with Gasteiger partial charge in [-0.15, -0.1) is 11.3 Å². The lowest BCUT2D eigenvalue weighted by Crippen LogP contribution is -2.60. The summed E-state index contributed by atoms with van der Waals surface area (Å²) in [6, 6.07) is 0.139. The molecule has 1 aliphatic rings. The molecule has 1 saturated carbocycles. The first-order valence-electron chi connectivity index (χ1n) is 7.85. The highest BCUT2D eigenvalue weighted by molar-refractivity contribution is 7.15. The summed E-state index contributed by atoms with van der Waals surface area (Å²) in [4.78, 5) is 8.13. The van der Waals surface area contributed by atoms with Crippen LogP contribution in [0.25, 0.3) is 4.96 Å². The fourth-order valence-corrected chi connectivity index (χ4v) is 4.65. The van der Waals surface area contributed by atoms with E-state index in [2.05, 4.69) is 48.1 Å². The van der Waals surface area contributed by atoms with Crippen molar-refractivity contribution < 1.29 is 0 Å². The quantitative estimate of drug-likeness (QED) is 0.945. The van der Waals surface area contributed by atoms with Gasteiger partial charge < -0.3 is 10.6 Å². The Bertz CT molecular complexity index is 574. The van der Waals surface area contributed by atoms with Crippen molar-refractivity contribution in [3.8, 4) is 0 Å². The lowest BCUT2D eigenvalue weighted by molar-refractivity contribution is 0.0501. The number of fused-ring (bicyclic) bond motifs is 1. The maximum absolute atomic E-state index is 6.68. The van der Waals surface area contributed by atoms with Gasteiger partial charge in [-0.1, -0.05) is 19.8 Å². The minimum Gasteiger partial charge on any atom is -0.326 e. The molecule has 4 nitrogen and oxygen atoms in total. The van der Waals surface area contributed by atoms with Gasteiger partial charge in [0.25, 0.3) is 0 Å². The summed E-state index contributed by atoms with van der Waals surface area (Å²) in [5, 5.41) is 2.07. The molecule has 0 aromatic carbocycles. The summed E-state index contributed by atoms with van der Waals surface area (Å²) in [5.74, 6) is 0.762. The number of likely N-dealkylation sites (N-methyl/N-ethyl adjacent to an activating group) is 1. The number of imidazole rings is 1. The molecule has 0 aliphatic heterocycles. The van der Waals surface area contributed by atoms with Crippen LogP contribution in [-0.4, -0.2) is 40.0 Å². The summed E-state index contributed by atoms with van der Waals surface area (Å²) < 4.78 is 2.10. The predicted molar refractivity (Wildman–Crippen MR) is 88.8 cm³/mol. The highest BCUT2D eigenvalue weighted by Gasteiger charge is 2.42. The third kappa shape index (κ3) is 2.74. The molecule has 5 heteroatoms. The Labute approximate surface area is 131 Å². The molecule has 3 rings (SSSR count). The van der Waals surface area contributed by atoms with E-state index in [1.54, 1.807) is 11.3 Å². The topological polar surface area (TPSA) is 46.6 Å². The molecule has 0 spiro atoms. The van der Waals surface area contributed by atoms with Gasteiger partial charge in [-0.05, 0) is 32.9 Å². The minimum absolute atomic E-state index is 0.120. The number of rotatable bonds is 4. The summed E-state index contributed by atoms with van der Waals surface area (Å²) in [5.41, 5.74) is 7.92. The van der Waals surface area contributed by atoms with E-state index >= 15 is 0 Å². The molecule has 1 aliphatic carbocycles. The lowest BCUT2D eigenvalue weighted by Gasteiger charge is -2.49. The Hall–Kier alpha value is -0.910. The largest absolute Gasteiger partial charge is 0.326 e. The fourth-order valence-electron chi connectivity index (χ4n) is 3.93. The molecule has 1 fully saturated rings. The van der Waals surface area contributed by atoms with Crippen molar-refractivity contribution in [1.82, 2.24) is 14.3 Å². The molecule has 0 radical (unpaired) electrons. The second-order valence-corrected chi connectivity index (χ2v) is 7.71. The summed E-state index contributed by atoms with van der Waals surface area (Å²) in [7, 11) is 4.37. The van der Waals surface area contributed by atoms with Gasteiger partial charge in [0.15, 0.2) is 4.96 Å². The fraction of sp³-hybridized carbons (Fsp3) is 0.688. The molecule has 3 atom stereocenters. The van der Waals surface area contributed by atoms with Crippen LogP contribution in [0.3, 0.4) is 0 Å². The van der Waals surface area contributed by atoms with Crippen LogP contribution in [-0.2, 0) is 6.42 Å². The number of aromatic nitrogens is 2. The van der Waals surface area contributed by atoms with Gasteiger partial charge in [0, 0.05) is 35.8 Å². The van der Waals surface area contributed by atoms with E-state index in [0.29, 0.717) is 0 Å². The lowest BCUT2D eigenvalue weighted by atomic mass is 9.70. The van der Waals surface area contributed by atoms with Gasteiger partial charge in [0.05, 0.1) is 5.69 Å². The zero-order valence-electron chi connectivity index (χ0n) is 13.2. The van der Waals surface area contributed by atoms with E-state index in [0.717, 1.165) is 23.0 Å². The van der Waals surface area contributed by atoms with E-state index in [-0.39, 0.29) is 11.6 Å². The molecule has 0 amide bonds. The van der Waals surface area contributed by atoms with E-state index in [1.165, 1.54) is 25.7 Å². The van der Waals surface area contributed by atoms with Crippen LogP contribution in [0.1, 0.15) is 38.3 Å². The Morgan fingerprint density at radius 1 is 1.57 bits per heavy atom. The Kier molecular flexibility index (Phi) is 4.08.